The van der Waals surface area contributed by atoms with Crippen LogP contribution in [0.3, 0.4) is 0 Å². The number of nitrogens with one attached hydrogen (secondary N) is 1. The fourth-order valence-electron chi connectivity index (χ4n) is 1.95. The van der Waals surface area contributed by atoms with E-state index in [1.807, 2.05) is 49.4 Å². The van der Waals surface area contributed by atoms with Gasteiger partial charge in [0.2, 0.25) is 5.91 Å². The third-order valence-electron chi connectivity index (χ3n) is 3.07. The standard InChI is InChI=1S/C16H19NO3/c1-12-7-8-14(20-12)9-10-16(19)17-11-15(18)13-5-3-2-4-6-13/h2-8,15,18H,9-11H2,1H3,(H,17,19)/t15-/m1/s1. The predicted molar refractivity (Wildman–Crippen MR) is 76.2 cm³/mol. The van der Waals surface area contributed by atoms with E-state index in [0.29, 0.717) is 12.8 Å². The van der Waals surface area contributed by atoms with Crippen LogP contribution < -0.4 is 5.32 Å². The third-order valence-corrected chi connectivity index (χ3v) is 3.07. The van der Waals surface area contributed by atoms with E-state index in [1.165, 1.54) is 0 Å². The Balaban J connectivity index is 1.72. The van der Waals surface area contributed by atoms with Gasteiger partial charge in [0.15, 0.2) is 0 Å². The molecule has 1 atom stereocenters. The lowest BCUT2D eigenvalue weighted by Gasteiger charge is -2.11. The molecule has 0 unspecified atom stereocenters. The summed E-state index contributed by atoms with van der Waals surface area (Å²) in [6, 6.07) is 13.0. The fraction of sp³-hybridized carbons (Fsp3) is 0.312. The highest BCUT2D eigenvalue weighted by atomic mass is 16.3. The maximum absolute atomic E-state index is 11.7. The van der Waals surface area contributed by atoms with Crippen molar-refractivity contribution in [3.63, 3.8) is 0 Å². The van der Waals surface area contributed by atoms with Crippen molar-refractivity contribution in [1.29, 1.82) is 0 Å². The van der Waals surface area contributed by atoms with Crippen molar-refractivity contribution in [2.24, 2.45) is 0 Å². The molecule has 0 saturated heterocycles. The molecular formula is C16H19NO3. The lowest BCUT2D eigenvalue weighted by Crippen LogP contribution is -2.28. The molecule has 0 bridgehead atoms. The number of rotatable bonds is 6. The number of aliphatic hydroxyl groups is 1. The Hall–Kier alpha value is -2.07. The molecule has 0 aliphatic heterocycles. The van der Waals surface area contributed by atoms with Crippen molar-refractivity contribution >= 4 is 5.91 Å². The first kappa shape index (κ1) is 14.3. The Morgan fingerprint density at radius 2 is 2.00 bits per heavy atom. The molecule has 1 aromatic heterocycles. The molecule has 4 nitrogen and oxygen atoms in total. The van der Waals surface area contributed by atoms with Crippen molar-refractivity contribution in [2.75, 3.05) is 6.54 Å². The second-order valence-electron chi connectivity index (χ2n) is 4.74. The van der Waals surface area contributed by atoms with Gasteiger partial charge in [0.25, 0.3) is 0 Å². The smallest absolute Gasteiger partial charge is 0.220 e. The molecule has 1 aromatic carbocycles. The maximum Gasteiger partial charge on any atom is 0.220 e. The van der Waals surface area contributed by atoms with Crippen LogP contribution in [0.2, 0.25) is 0 Å². The van der Waals surface area contributed by atoms with E-state index in [-0.39, 0.29) is 12.5 Å². The number of hydrogen-bond acceptors (Lipinski definition) is 3. The van der Waals surface area contributed by atoms with Crippen molar-refractivity contribution < 1.29 is 14.3 Å². The van der Waals surface area contributed by atoms with Gasteiger partial charge in [-0.1, -0.05) is 30.3 Å². The monoisotopic (exact) mass is 273 g/mol. The van der Waals surface area contributed by atoms with Crippen molar-refractivity contribution in [3.8, 4) is 0 Å². The Morgan fingerprint density at radius 3 is 2.65 bits per heavy atom. The number of aliphatic hydroxyl groups excluding tert-OH is 1. The van der Waals surface area contributed by atoms with E-state index < -0.39 is 6.10 Å². The van der Waals surface area contributed by atoms with E-state index >= 15 is 0 Å². The van der Waals surface area contributed by atoms with Gasteiger partial charge >= 0.3 is 0 Å². The largest absolute Gasteiger partial charge is 0.466 e. The van der Waals surface area contributed by atoms with Crippen molar-refractivity contribution in [1.82, 2.24) is 5.32 Å². The number of amides is 1. The Kier molecular flexibility index (Phi) is 4.96. The SMILES string of the molecule is Cc1ccc(CCC(=O)NC[C@@H](O)c2ccccc2)o1. The molecule has 2 rings (SSSR count). The topological polar surface area (TPSA) is 62.5 Å². The van der Waals surface area contributed by atoms with Crippen LogP contribution in [0.15, 0.2) is 46.9 Å². The Bertz CT molecular complexity index is 548. The molecule has 0 fully saturated rings. The molecule has 106 valence electrons. The van der Waals surface area contributed by atoms with Crippen LogP contribution in [-0.2, 0) is 11.2 Å². The lowest BCUT2D eigenvalue weighted by molar-refractivity contribution is -0.121. The molecule has 4 heteroatoms. The zero-order chi connectivity index (χ0) is 14.4. The van der Waals surface area contributed by atoms with Gasteiger partial charge in [0, 0.05) is 19.4 Å². The summed E-state index contributed by atoms with van der Waals surface area (Å²) in [6.45, 7) is 2.10. The number of hydrogen-bond donors (Lipinski definition) is 2. The molecule has 0 spiro atoms. The molecular weight excluding hydrogens is 254 g/mol. The number of benzene rings is 1. The minimum Gasteiger partial charge on any atom is -0.466 e. The molecule has 20 heavy (non-hydrogen) atoms. The summed E-state index contributed by atoms with van der Waals surface area (Å²) in [7, 11) is 0. The highest BCUT2D eigenvalue weighted by molar-refractivity contribution is 5.76. The summed E-state index contributed by atoms with van der Waals surface area (Å²) in [6.07, 6.45) is 0.251. The highest BCUT2D eigenvalue weighted by Crippen LogP contribution is 2.11. The van der Waals surface area contributed by atoms with Crippen LogP contribution in [0.5, 0.6) is 0 Å². The third kappa shape index (κ3) is 4.24. The first-order valence-electron chi connectivity index (χ1n) is 6.70. The summed E-state index contributed by atoms with van der Waals surface area (Å²) in [5.74, 6) is 1.57. The second kappa shape index (κ2) is 6.91. The van der Waals surface area contributed by atoms with Crippen molar-refractivity contribution in [3.05, 3.63) is 59.5 Å². The number of carbonyl (C=O) groups is 1. The summed E-state index contributed by atoms with van der Waals surface area (Å²) in [4.78, 5) is 11.7. The quantitative estimate of drug-likeness (QED) is 0.849. The average molecular weight is 273 g/mol. The molecule has 0 aliphatic rings. The van der Waals surface area contributed by atoms with Crippen LogP contribution in [0, 0.1) is 6.92 Å². The summed E-state index contributed by atoms with van der Waals surface area (Å²) in [5.41, 5.74) is 0.800. The summed E-state index contributed by atoms with van der Waals surface area (Å²) < 4.78 is 5.40. The molecule has 1 amide bonds. The minimum atomic E-state index is -0.675. The zero-order valence-electron chi connectivity index (χ0n) is 11.5. The summed E-state index contributed by atoms with van der Waals surface area (Å²) >= 11 is 0. The van der Waals surface area contributed by atoms with Crippen LogP contribution >= 0.6 is 0 Å². The van der Waals surface area contributed by atoms with E-state index in [9.17, 15) is 9.90 Å². The van der Waals surface area contributed by atoms with Gasteiger partial charge in [-0.2, -0.15) is 0 Å². The Morgan fingerprint density at radius 1 is 1.25 bits per heavy atom. The average Bonchev–Trinajstić information content (AvgIpc) is 2.89. The number of furan rings is 1. The van der Waals surface area contributed by atoms with Gasteiger partial charge in [-0.3, -0.25) is 4.79 Å². The van der Waals surface area contributed by atoms with Gasteiger partial charge in [-0.15, -0.1) is 0 Å². The number of aryl methyl sites for hydroxylation is 2. The minimum absolute atomic E-state index is 0.0889. The molecule has 0 aliphatic carbocycles. The molecule has 2 aromatic rings. The Labute approximate surface area is 118 Å². The van der Waals surface area contributed by atoms with Crippen molar-refractivity contribution in [2.45, 2.75) is 25.9 Å². The predicted octanol–water partition coefficient (Wildman–Crippen LogP) is 2.37. The second-order valence-corrected chi connectivity index (χ2v) is 4.74. The first-order chi connectivity index (χ1) is 9.65. The highest BCUT2D eigenvalue weighted by Gasteiger charge is 2.09. The fourth-order valence-corrected chi connectivity index (χ4v) is 1.95. The van der Waals surface area contributed by atoms with Gasteiger partial charge in [-0.25, -0.2) is 0 Å². The van der Waals surface area contributed by atoms with Crippen LogP contribution in [0.4, 0.5) is 0 Å². The zero-order valence-corrected chi connectivity index (χ0v) is 11.5. The van der Waals surface area contributed by atoms with Crippen LogP contribution in [-0.4, -0.2) is 17.6 Å². The molecule has 0 saturated carbocycles. The van der Waals surface area contributed by atoms with Gasteiger partial charge in [-0.05, 0) is 24.6 Å². The number of carbonyl (C=O) groups excluding carboxylic acids is 1. The van der Waals surface area contributed by atoms with E-state index in [2.05, 4.69) is 5.32 Å². The van der Waals surface area contributed by atoms with Crippen LogP contribution in [0.1, 0.15) is 29.6 Å². The first-order valence-corrected chi connectivity index (χ1v) is 6.70. The van der Waals surface area contributed by atoms with E-state index in [4.69, 9.17) is 4.42 Å². The summed E-state index contributed by atoms with van der Waals surface area (Å²) in [5, 5.41) is 12.7. The van der Waals surface area contributed by atoms with E-state index in [1.54, 1.807) is 0 Å². The molecule has 0 radical (unpaired) electrons. The maximum atomic E-state index is 11.7. The van der Waals surface area contributed by atoms with E-state index in [0.717, 1.165) is 17.1 Å². The molecule has 2 N–H and O–H groups in total. The van der Waals surface area contributed by atoms with Gasteiger partial charge in [0.1, 0.15) is 11.5 Å². The molecule has 1 heterocycles. The van der Waals surface area contributed by atoms with Gasteiger partial charge < -0.3 is 14.8 Å². The van der Waals surface area contributed by atoms with Gasteiger partial charge in [0.05, 0.1) is 6.10 Å². The van der Waals surface area contributed by atoms with Crippen LogP contribution in [0.25, 0.3) is 0 Å². The lowest BCUT2D eigenvalue weighted by atomic mass is 10.1. The normalized spacial score (nSPS) is 12.1.